The molecule has 0 N–H and O–H groups in total. The minimum absolute atomic E-state index is 0.142. The Bertz CT molecular complexity index is 912. The molecule has 0 saturated carbocycles. The fourth-order valence-electron chi connectivity index (χ4n) is 2.33. The van der Waals surface area contributed by atoms with E-state index in [1.165, 1.54) is 0 Å². The van der Waals surface area contributed by atoms with Crippen LogP contribution in [0.15, 0.2) is 45.6 Å². The molecule has 0 spiro atoms. The maximum atomic E-state index is 12.5. The van der Waals surface area contributed by atoms with Crippen molar-refractivity contribution >= 4 is 34.2 Å². The van der Waals surface area contributed by atoms with E-state index in [4.69, 9.17) is 32.4 Å². The summed E-state index contributed by atoms with van der Waals surface area (Å²) in [7, 11) is 1.60. The molecule has 1 aromatic heterocycles. The highest BCUT2D eigenvalue weighted by Crippen LogP contribution is 2.32. The standard InChI is InChI=1S/C17H12Cl2O3/c1-9-15(20)13-7-11(18)8-14(19)17(13)22-16(9)10-3-5-12(21-2)6-4-10/h3-8H,1-2H3. The minimum Gasteiger partial charge on any atom is -0.497 e. The Morgan fingerprint density at radius 3 is 2.41 bits per heavy atom. The molecule has 0 aliphatic rings. The van der Waals surface area contributed by atoms with Crippen molar-refractivity contribution in [3.05, 3.63) is 62.2 Å². The van der Waals surface area contributed by atoms with Crippen LogP contribution in [0.3, 0.4) is 0 Å². The lowest BCUT2D eigenvalue weighted by atomic mass is 10.1. The molecule has 5 heteroatoms. The zero-order valence-electron chi connectivity index (χ0n) is 11.9. The molecule has 1 heterocycles. The number of methoxy groups -OCH3 is 1. The lowest BCUT2D eigenvalue weighted by Gasteiger charge is -2.09. The number of halogens is 2. The fourth-order valence-corrected chi connectivity index (χ4v) is 2.87. The highest BCUT2D eigenvalue weighted by atomic mass is 35.5. The van der Waals surface area contributed by atoms with E-state index in [1.807, 2.05) is 24.3 Å². The largest absolute Gasteiger partial charge is 0.497 e. The summed E-state index contributed by atoms with van der Waals surface area (Å²) in [6, 6.07) is 10.4. The molecule has 0 fully saturated rings. The number of hydrogen-bond acceptors (Lipinski definition) is 3. The molecule has 0 bridgehead atoms. The molecule has 3 rings (SSSR count). The normalized spacial score (nSPS) is 10.9. The van der Waals surface area contributed by atoms with E-state index in [9.17, 15) is 4.79 Å². The summed E-state index contributed by atoms with van der Waals surface area (Å²) in [5.41, 5.74) is 1.49. The average Bonchev–Trinajstić information content (AvgIpc) is 2.51. The van der Waals surface area contributed by atoms with Gasteiger partial charge in [-0.05, 0) is 43.3 Å². The van der Waals surface area contributed by atoms with Gasteiger partial charge >= 0.3 is 0 Å². The van der Waals surface area contributed by atoms with Gasteiger partial charge in [0.05, 0.1) is 17.5 Å². The number of benzene rings is 2. The predicted octanol–water partition coefficient (Wildman–Crippen LogP) is 5.08. The van der Waals surface area contributed by atoms with E-state index in [2.05, 4.69) is 0 Å². The first kappa shape index (κ1) is 14.9. The molecule has 0 unspecified atom stereocenters. The maximum absolute atomic E-state index is 12.5. The van der Waals surface area contributed by atoms with Crippen LogP contribution in [-0.4, -0.2) is 7.11 Å². The van der Waals surface area contributed by atoms with E-state index in [0.29, 0.717) is 32.3 Å². The van der Waals surface area contributed by atoms with E-state index < -0.39 is 0 Å². The maximum Gasteiger partial charge on any atom is 0.196 e. The SMILES string of the molecule is COc1ccc(-c2oc3c(Cl)cc(Cl)cc3c(=O)c2C)cc1. The van der Waals surface area contributed by atoms with Crippen LogP contribution in [0, 0.1) is 6.92 Å². The Kier molecular flexibility index (Phi) is 3.85. The van der Waals surface area contributed by atoms with Gasteiger partial charge in [-0.1, -0.05) is 23.2 Å². The highest BCUT2D eigenvalue weighted by molar-refractivity contribution is 6.38. The van der Waals surface area contributed by atoms with E-state index in [1.54, 1.807) is 26.2 Å². The summed E-state index contributed by atoms with van der Waals surface area (Å²) >= 11 is 12.1. The van der Waals surface area contributed by atoms with Gasteiger partial charge in [0.25, 0.3) is 0 Å². The van der Waals surface area contributed by atoms with Gasteiger partial charge in [0.2, 0.25) is 0 Å². The van der Waals surface area contributed by atoms with Crippen molar-refractivity contribution in [2.75, 3.05) is 7.11 Å². The van der Waals surface area contributed by atoms with Crippen LogP contribution in [0.25, 0.3) is 22.3 Å². The lowest BCUT2D eigenvalue weighted by molar-refractivity contribution is 0.415. The second-order valence-corrected chi connectivity index (χ2v) is 5.72. The van der Waals surface area contributed by atoms with Crippen LogP contribution in [0.2, 0.25) is 10.0 Å². The molecule has 0 aliphatic carbocycles. The third kappa shape index (κ3) is 2.47. The molecule has 3 nitrogen and oxygen atoms in total. The Hall–Kier alpha value is -1.97. The second-order valence-electron chi connectivity index (χ2n) is 4.88. The van der Waals surface area contributed by atoms with E-state index in [-0.39, 0.29) is 5.43 Å². The first-order valence-corrected chi connectivity index (χ1v) is 7.33. The van der Waals surface area contributed by atoms with Crippen LogP contribution in [0.4, 0.5) is 0 Å². The Morgan fingerprint density at radius 1 is 1.09 bits per heavy atom. The van der Waals surface area contributed by atoms with Gasteiger partial charge < -0.3 is 9.15 Å². The summed E-state index contributed by atoms with van der Waals surface area (Å²) in [6.07, 6.45) is 0. The van der Waals surface area contributed by atoms with Crippen LogP contribution in [-0.2, 0) is 0 Å². The second kappa shape index (κ2) is 5.67. The van der Waals surface area contributed by atoms with Gasteiger partial charge in [-0.3, -0.25) is 4.79 Å². The van der Waals surface area contributed by atoms with Crippen LogP contribution >= 0.6 is 23.2 Å². The first-order chi connectivity index (χ1) is 10.5. The lowest BCUT2D eigenvalue weighted by Crippen LogP contribution is -2.07. The van der Waals surface area contributed by atoms with Gasteiger partial charge in [-0.2, -0.15) is 0 Å². The summed E-state index contributed by atoms with van der Waals surface area (Å²) < 4.78 is 11.0. The monoisotopic (exact) mass is 334 g/mol. The number of fused-ring (bicyclic) bond motifs is 1. The summed E-state index contributed by atoms with van der Waals surface area (Å²) in [6.45, 7) is 1.72. The topological polar surface area (TPSA) is 39.4 Å². The van der Waals surface area contributed by atoms with E-state index in [0.717, 1.165) is 11.3 Å². The zero-order chi connectivity index (χ0) is 15.9. The molecule has 0 atom stereocenters. The van der Waals surface area contributed by atoms with Crippen molar-refractivity contribution in [1.82, 2.24) is 0 Å². The van der Waals surface area contributed by atoms with Crippen molar-refractivity contribution in [3.8, 4) is 17.1 Å². The van der Waals surface area contributed by atoms with Crippen molar-refractivity contribution in [2.45, 2.75) is 6.92 Å². The predicted molar refractivity (Wildman–Crippen MR) is 89.2 cm³/mol. The van der Waals surface area contributed by atoms with Gasteiger partial charge in [0.15, 0.2) is 11.0 Å². The molecular formula is C17H12Cl2O3. The van der Waals surface area contributed by atoms with Gasteiger partial charge in [0.1, 0.15) is 11.5 Å². The third-order valence-electron chi connectivity index (χ3n) is 3.49. The molecule has 0 amide bonds. The molecule has 0 radical (unpaired) electrons. The van der Waals surface area contributed by atoms with Gasteiger partial charge in [-0.25, -0.2) is 0 Å². The summed E-state index contributed by atoms with van der Waals surface area (Å²) in [4.78, 5) is 12.5. The van der Waals surface area contributed by atoms with Crippen molar-refractivity contribution in [2.24, 2.45) is 0 Å². The number of rotatable bonds is 2. The molecule has 2 aromatic carbocycles. The molecule has 112 valence electrons. The van der Waals surface area contributed by atoms with Crippen molar-refractivity contribution < 1.29 is 9.15 Å². The summed E-state index contributed by atoms with van der Waals surface area (Å²) in [5.74, 6) is 1.22. The molecule has 0 aliphatic heterocycles. The van der Waals surface area contributed by atoms with E-state index >= 15 is 0 Å². The number of ether oxygens (including phenoxy) is 1. The quantitative estimate of drug-likeness (QED) is 0.655. The van der Waals surface area contributed by atoms with Crippen LogP contribution < -0.4 is 10.2 Å². The summed E-state index contributed by atoms with van der Waals surface area (Å²) in [5, 5.41) is 1.10. The Morgan fingerprint density at radius 2 is 1.77 bits per heavy atom. The zero-order valence-corrected chi connectivity index (χ0v) is 13.5. The van der Waals surface area contributed by atoms with Crippen LogP contribution in [0.5, 0.6) is 5.75 Å². The van der Waals surface area contributed by atoms with Crippen molar-refractivity contribution in [1.29, 1.82) is 0 Å². The molecular weight excluding hydrogens is 323 g/mol. The first-order valence-electron chi connectivity index (χ1n) is 6.58. The Labute approximate surface area is 137 Å². The Balaban J connectivity index is 2.30. The highest BCUT2D eigenvalue weighted by Gasteiger charge is 2.15. The fraction of sp³-hybridized carbons (Fsp3) is 0.118. The molecule has 3 aromatic rings. The van der Waals surface area contributed by atoms with Gasteiger partial charge in [0, 0.05) is 16.1 Å². The average molecular weight is 335 g/mol. The molecule has 22 heavy (non-hydrogen) atoms. The van der Waals surface area contributed by atoms with Crippen molar-refractivity contribution in [3.63, 3.8) is 0 Å². The number of hydrogen-bond donors (Lipinski definition) is 0. The smallest absolute Gasteiger partial charge is 0.196 e. The van der Waals surface area contributed by atoms with Crippen LogP contribution in [0.1, 0.15) is 5.56 Å². The minimum atomic E-state index is -0.142. The molecule has 0 saturated heterocycles. The third-order valence-corrected chi connectivity index (χ3v) is 3.99. The van der Waals surface area contributed by atoms with Gasteiger partial charge in [-0.15, -0.1) is 0 Å².